The van der Waals surface area contributed by atoms with E-state index in [0.717, 1.165) is 0 Å². The number of hydrogen-bond donors (Lipinski definition) is 12. The van der Waals surface area contributed by atoms with E-state index in [1.807, 2.05) is 0 Å². The van der Waals surface area contributed by atoms with Gasteiger partial charge in [0.1, 0.15) is 0 Å². The van der Waals surface area contributed by atoms with E-state index < -0.39 is 46.9 Å². The van der Waals surface area contributed by atoms with Gasteiger partial charge in [-0.05, 0) is 0 Å². The Morgan fingerprint density at radius 1 is 0.321 bits per heavy atom. The van der Waals surface area contributed by atoms with E-state index in [1.54, 1.807) is 0 Å². The molecule has 0 heterocycles. The van der Waals surface area contributed by atoms with Crippen LogP contribution in [0.25, 0.3) is 0 Å². The molecule has 0 radical (unpaired) electrons. The second-order valence-electron chi connectivity index (χ2n) is 3.19. The summed E-state index contributed by atoms with van der Waals surface area (Å²) in [6, 6.07) is 0. The van der Waals surface area contributed by atoms with Crippen molar-refractivity contribution < 1.29 is 99.0 Å². The van der Waals surface area contributed by atoms with E-state index in [4.69, 9.17) is 58.7 Å². The summed E-state index contributed by atoms with van der Waals surface area (Å²) in [4.78, 5) is 93.0. The van der Waals surface area contributed by atoms with Gasteiger partial charge in [0.2, 0.25) is 0 Å². The second-order valence-corrected chi connectivity index (χ2v) is 11.0. The molecule has 0 aliphatic heterocycles. The normalized spacial score (nSPS) is 13.3. The molecule has 0 atom stereocenters. The number of hydrogen-bond acceptors (Lipinski definition) is 9. The zero-order valence-electron chi connectivity index (χ0n) is 11.7. The molecule has 0 aromatic rings. The molecule has 0 aliphatic rings. The van der Waals surface area contributed by atoms with Gasteiger partial charge in [0.25, 0.3) is 0 Å². The third-order valence-corrected chi connectivity index (χ3v) is 5.74. The zero-order chi connectivity index (χ0) is 23.1. The van der Waals surface area contributed by atoms with Crippen molar-refractivity contribution >= 4 is 76.5 Å². The monoisotopic (exact) mass is 558 g/mol. The average molecular weight is 558 g/mol. The molecule has 21 nitrogen and oxygen atoms in total. The molecular formula is H13NaO21P6. The van der Waals surface area contributed by atoms with E-state index in [0.29, 0.717) is 0 Å². The molecule has 12 N–H and O–H groups in total. The average Bonchev–Trinajstić information content (AvgIpc) is 1.96. The third-order valence-electron chi connectivity index (χ3n) is 0.638. The third kappa shape index (κ3) is 50.9. The van der Waals surface area contributed by atoms with Gasteiger partial charge in [-0.3, -0.25) is 0 Å². The van der Waals surface area contributed by atoms with E-state index >= 15 is 0 Å². The SMILES string of the molecule is O=P(O)(O)OP(=O)(O)O.O=P(O)(O)OP(=O)(O)O.O=P(O)(O)OP(=O)(O)O.[NaH]. The van der Waals surface area contributed by atoms with Crippen molar-refractivity contribution in [1.82, 2.24) is 0 Å². The summed E-state index contributed by atoms with van der Waals surface area (Å²) in [5.41, 5.74) is 0. The predicted molar refractivity (Wildman–Crippen MR) is 82.7 cm³/mol. The first kappa shape index (κ1) is 37.1. The molecule has 28 heteroatoms. The van der Waals surface area contributed by atoms with E-state index in [2.05, 4.69) is 12.9 Å². The summed E-state index contributed by atoms with van der Waals surface area (Å²) in [7, 11) is -30.3. The van der Waals surface area contributed by atoms with Crippen molar-refractivity contribution in [1.29, 1.82) is 0 Å². The summed E-state index contributed by atoms with van der Waals surface area (Å²) < 4.78 is 66.6. The van der Waals surface area contributed by atoms with Crippen LogP contribution in [0.1, 0.15) is 0 Å². The fraction of sp³-hybridized carbons (Fsp3) is 0. The van der Waals surface area contributed by atoms with Crippen molar-refractivity contribution in [2.24, 2.45) is 0 Å². The maximum atomic E-state index is 9.63. The molecule has 28 heavy (non-hydrogen) atoms. The standard InChI is InChI=1S/Na.3H4O7P2.H/c;3*1-8(2,3)7-9(4,5)6;/h;3*(H2,1,2,3)(H2,4,5,6);. The van der Waals surface area contributed by atoms with Gasteiger partial charge in [0, 0.05) is 0 Å². The Labute approximate surface area is 175 Å². The Balaban J connectivity index is -0.000000152. The molecule has 0 bridgehead atoms. The summed E-state index contributed by atoms with van der Waals surface area (Å²) >= 11 is 0. The van der Waals surface area contributed by atoms with Crippen LogP contribution in [0.3, 0.4) is 0 Å². The van der Waals surface area contributed by atoms with Crippen LogP contribution in [0.4, 0.5) is 0 Å². The minimum atomic E-state index is -5.05. The van der Waals surface area contributed by atoms with Gasteiger partial charge >= 0.3 is 76.5 Å². The number of rotatable bonds is 6. The van der Waals surface area contributed by atoms with Crippen LogP contribution in [-0.2, 0) is 40.3 Å². The Hall–Kier alpha value is 1.78. The topological polar surface area (TPSA) is 373 Å². The van der Waals surface area contributed by atoms with Gasteiger partial charge in [0.05, 0.1) is 0 Å². The summed E-state index contributed by atoms with van der Waals surface area (Å²) in [6.45, 7) is 0. The van der Waals surface area contributed by atoms with Crippen molar-refractivity contribution in [3.63, 3.8) is 0 Å². The number of phosphoric acid groups is 6. The molecule has 0 fully saturated rings. The molecule has 0 aliphatic carbocycles. The Morgan fingerprint density at radius 3 is 0.393 bits per heavy atom. The molecule has 0 unspecified atom stereocenters. The van der Waals surface area contributed by atoms with Gasteiger partial charge < -0.3 is 58.7 Å². The summed E-state index contributed by atoms with van der Waals surface area (Å²) in [5, 5.41) is 0. The fourth-order valence-corrected chi connectivity index (χ4v) is 3.74. The van der Waals surface area contributed by atoms with Crippen molar-refractivity contribution in [3.05, 3.63) is 0 Å². The molecule has 0 amide bonds. The van der Waals surface area contributed by atoms with Crippen LogP contribution in [0.5, 0.6) is 0 Å². The first-order valence-electron chi connectivity index (χ1n) is 4.59. The van der Waals surface area contributed by atoms with Gasteiger partial charge in [-0.25, -0.2) is 27.4 Å². The molecule has 0 rings (SSSR count). The van der Waals surface area contributed by atoms with E-state index in [-0.39, 0.29) is 29.6 Å². The molecule has 0 aromatic carbocycles. The molecule has 0 spiro atoms. The Morgan fingerprint density at radius 2 is 0.393 bits per heavy atom. The molecule has 0 aromatic heterocycles. The quantitative estimate of drug-likeness (QED) is 0.113. The van der Waals surface area contributed by atoms with Crippen LogP contribution in [0.15, 0.2) is 0 Å². The van der Waals surface area contributed by atoms with Crippen molar-refractivity contribution in [3.8, 4) is 0 Å². The van der Waals surface area contributed by atoms with Crippen LogP contribution < -0.4 is 0 Å². The minimum absolute atomic E-state index is 0. The molecule has 170 valence electrons. The van der Waals surface area contributed by atoms with E-state index in [9.17, 15) is 27.4 Å². The summed E-state index contributed by atoms with van der Waals surface area (Å²) in [5.74, 6) is 0. The zero-order valence-corrected chi connectivity index (χ0v) is 17.1. The van der Waals surface area contributed by atoms with Gasteiger partial charge in [-0.15, -0.1) is 0 Å². The Kier molecular flexibility index (Phi) is 17.7. The molecule has 0 saturated carbocycles. The molecule has 0 saturated heterocycles. The van der Waals surface area contributed by atoms with Crippen LogP contribution in [0.2, 0.25) is 0 Å². The first-order valence-corrected chi connectivity index (χ1v) is 13.8. The van der Waals surface area contributed by atoms with Crippen LogP contribution >= 0.6 is 46.9 Å². The van der Waals surface area contributed by atoms with E-state index in [1.165, 1.54) is 0 Å². The van der Waals surface area contributed by atoms with Gasteiger partial charge in [-0.1, -0.05) is 0 Å². The van der Waals surface area contributed by atoms with Gasteiger partial charge in [-0.2, -0.15) is 12.9 Å². The fourth-order valence-electron chi connectivity index (χ4n) is 0.416. The summed E-state index contributed by atoms with van der Waals surface area (Å²) in [6.07, 6.45) is 0. The van der Waals surface area contributed by atoms with Crippen molar-refractivity contribution in [2.75, 3.05) is 0 Å². The van der Waals surface area contributed by atoms with Crippen LogP contribution in [-0.4, -0.2) is 88.3 Å². The van der Waals surface area contributed by atoms with Crippen LogP contribution in [0, 0.1) is 0 Å². The van der Waals surface area contributed by atoms with Crippen molar-refractivity contribution in [2.45, 2.75) is 0 Å². The first-order chi connectivity index (χ1) is 11.1. The Bertz CT molecular complexity index is 548. The predicted octanol–water partition coefficient (Wildman–Crippen LogP) is -3.08. The van der Waals surface area contributed by atoms with Gasteiger partial charge in [0.15, 0.2) is 0 Å². The molecular weight excluding hydrogens is 545 g/mol. The second kappa shape index (κ2) is 13.4. The maximum absolute atomic E-state index is 9.63.